The Morgan fingerprint density at radius 1 is 1.26 bits per heavy atom. The lowest BCUT2D eigenvalue weighted by molar-refractivity contribution is -0.131. The lowest BCUT2D eigenvalue weighted by Gasteiger charge is -2.36. The second-order valence-electron chi connectivity index (χ2n) is 10.4. The summed E-state index contributed by atoms with van der Waals surface area (Å²) in [6.07, 6.45) is 2.32. The van der Waals surface area contributed by atoms with Crippen LogP contribution in [0.5, 0.6) is 0 Å². The number of likely N-dealkylation sites (tertiary alicyclic amines) is 2. The first-order chi connectivity index (χ1) is 18.0. The summed E-state index contributed by atoms with van der Waals surface area (Å²) in [6.45, 7) is 4.73. The van der Waals surface area contributed by atoms with Gasteiger partial charge >= 0.3 is 13.2 Å². The van der Waals surface area contributed by atoms with E-state index < -0.39 is 48.6 Å². The zero-order valence-corrected chi connectivity index (χ0v) is 21.8. The van der Waals surface area contributed by atoms with Crippen molar-refractivity contribution in [2.24, 2.45) is 0 Å². The normalized spacial score (nSPS) is 21.5. The second-order valence-corrected chi connectivity index (χ2v) is 10.4. The first kappa shape index (κ1) is 29.5. The van der Waals surface area contributed by atoms with Crippen LogP contribution in [0.2, 0.25) is 0 Å². The van der Waals surface area contributed by atoms with Crippen LogP contribution in [-0.2, 0) is 16.0 Å². The van der Waals surface area contributed by atoms with Crippen molar-refractivity contribution in [2.75, 3.05) is 26.2 Å². The number of carbonyl (C=O) groups is 2. The summed E-state index contributed by atoms with van der Waals surface area (Å²) in [5.74, 6) is -2.00. The fourth-order valence-corrected chi connectivity index (χ4v) is 4.89. The molecule has 12 heteroatoms. The quantitative estimate of drug-likeness (QED) is 0.253. The minimum absolute atomic E-state index is 0.0351. The molecule has 38 heavy (non-hydrogen) atoms. The van der Waals surface area contributed by atoms with Gasteiger partial charge in [-0.1, -0.05) is 12.1 Å². The third-order valence-electron chi connectivity index (χ3n) is 7.12. The Bertz CT molecular complexity index is 1050. The molecule has 1 aromatic rings. The van der Waals surface area contributed by atoms with Gasteiger partial charge in [0.25, 0.3) is 5.91 Å². The molecule has 0 aliphatic carbocycles. The van der Waals surface area contributed by atoms with Crippen molar-refractivity contribution in [1.82, 2.24) is 15.1 Å². The van der Waals surface area contributed by atoms with Crippen molar-refractivity contribution in [1.29, 1.82) is 5.26 Å². The fraction of sp³-hybridized carbons (Fsp3) is 0.577. The van der Waals surface area contributed by atoms with E-state index in [9.17, 15) is 33.7 Å². The zero-order chi connectivity index (χ0) is 27.9. The van der Waals surface area contributed by atoms with Crippen molar-refractivity contribution in [3.63, 3.8) is 0 Å². The van der Waals surface area contributed by atoms with Crippen molar-refractivity contribution in [2.45, 2.75) is 69.6 Å². The molecule has 2 amide bonds. The molecule has 0 bridgehead atoms. The summed E-state index contributed by atoms with van der Waals surface area (Å²) in [5, 5.41) is 31.5. The van der Waals surface area contributed by atoms with Crippen molar-refractivity contribution >= 4 is 19.1 Å². The van der Waals surface area contributed by atoms with Crippen molar-refractivity contribution in [3.8, 4) is 6.07 Å². The molecule has 206 valence electrons. The molecular formula is C26H35BF2N4O5. The predicted molar refractivity (Wildman–Crippen MR) is 137 cm³/mol. The molecule has 3 rings (SSSR count). The number of alkyl halides is 1. The Balaban J connectivity index is 1.61. The van der Waals surface area contributed by atoms with Crippen LogP contribution in [0.3, 0.4) is 0 Å². The first-order valence-electron chi connectivity index (χ1n) is 12.9. The van der Waals surface area contributed by atoms with Crippen molar-refractivity contribution < 1.29 is 33.2 Å². The maximum Gasteiger partial charge on any atom is 0.475 e. The number of nitriles is 1. The van der Waals surface area contributed by atoms with Gasteiger partial charge in [-0.15, -0.1) is 0 Å². The number of hydrogen-bond donors (Lipinski definition) is 3. The number of piperidine rings is 1. The highest BCUT2D eigenvalue weighted by Crippen LogP contribution is 2.27. The maximum absolute atomic E-state index is 13.7. The van der Waals surface area contributed by atoms with Crippen LogP contribution in [-0.4, -0.2) is 88.9 Å². The number of ether oxygens (including phenoxy) is 1. The summed E-state index contributed by atoms with van der Waals surface area (Å²) in [4.78, 5) is 29.2. The van der Waals surface area contributed by atoms with Gasteiger partial charge in [0.2, 0.25) is 0 Å². The van der Waals surface area contributed by atoms with Crippen LogP contribution in [0, 0.1) is 17.1 Å². The molecule has 9 nitrogen and oxygen atoms in total. The Kier molecular flexibility index (Phi) is 10.2. The third-order valence-corrected chi connectivity index (χ3v) is 7.12. The Morgan fingerprint density at radius 2 is 1.97 bits per heavy atom. The van der Waals surface area contributed by atoms with E-state index in [1.165, 1.54) is 29.2 Å². The molecule has 0 spiro atoms. The molecule has 2 fully saturated rings. The Morgan fingerprint density at radius 3 is 2.58 bits per heavy atom. The van der Waals surface area contributed by atoms with E-state index in [0.29, 0.717) is 31.5 Å². The standard InChI is InChI=1S/C26H35BF2N4O5/c1-26(2,32-12-10-21(29)16-32)14-19(15-30)24(34)33-11-4-3-5-22(33)17-38-25(35)31-23(27(36)37)13-18-6-8-20(28)9-7-18/h6-9,14,21-23,36-37H,3-5,10-13,16-17H2,1-2H3,(H,31,35)/b19-14+/t21-,22-,23+/m1/s1. The number of carbonyl (C=O) groups excluding carboxylic acids is 2. The number of nitrogens with zero attached hydrogens (tertiary/aromatic N) is 3. The molecule has 3 atom stereocenters. The SMILES string of the molecule is CC(C)(/C=C(\C#N)C(=O)N1CCCC[C@@H]1COC(=O)N[C@@H](Cc1ccc(F)cc1)B(O)O)N1CC[C@@H](F)C1. The second kappa shape index (κ2) is 13.2. The number of alkyl carbamates (subject to hydrolysis) is 1. The fourth-order valence-electron chi connectivity index (χ4n) is 4.89. The molecule has 1 aromatic carbocycles. The highest BCUT2D eigenvalue weighted by atomic mass is 19.1. The smallest absolute Gasteiger partial charge is 0.447 e. The van der Waals surface area contributed by atoms with E-state index in [1.807, 2.05) is 24.8 Å². The van der Waals surface area contributed by atoms with Crippen LogP contribution in [0.15, 0.2) is 35.9 Å². The van der Waals surface area contributed by atoms with E-state index in [0.717, 1.165) is 12.8 Å². The third kappa shape index (κ3) is 8.00. The van der Waals surface area contributed by atoms with Gasteiger partial charge in [-0.05, 0) is 69.7 Å². The number of halogens is 2. The van der Waals surface area contributed by atoms with E-state index in [2.05, 4.69) is 5.32 Å². The number of benzene rings is 1. The first-order valence-corrected chi connectivity index (χ1v) is 12.9. The summed E-state index contributed by atoms with van der Waals surface area (Å²) in [5.41, 5.74) is -0.145. The lowest BCUT2D eigenvalue weighted by Crippen LogP contribution is -2.50. The Labute approximate surface area is 222 Å². The van der Waals surface area contributed by atoms with Crippen LogP contribution in [0.1, 0.15) is 45.1 Å². The maximum atomic E-state index is 13.7. The van der Waals surface area contributed by atoms with E-state index in [4.69, 9.17) is 4.74 Å². The number of nitrogens with one attached hydrogen (secondary N) is 1. The highest BCUT2D eigenvalue weighted by molar-refractivity contribution is 6.43. The molecule has 2 heterocycles. The average Bonchev–Trinajstić information content (AvgIpc) is 3.34. The number of hydrogen-bond acceptors (Lipinski definition) is 7. The van der Waals surface area contributed by atoms with E-state index in [1.54, 1.807) is 6.08 Å². The highest BCUT2D eigenvalue weighted by Gasteiger charge is 2.35. The molecule has 0 aromatic heterocycles. The van der Waals surface area contributed by atoms with Gasteiger partial charge in [-0.25, -0.2) is 13.6 Å². The lowest BCUT2D eigenvalue weighted by atomic mass is 9.76. The zero-order valence-electron chi connectivity index (χ0n) is 21.8. The molecule has 0 unspecified atom stereocenters. The van der Waals surface area contributed by atoms with Crippen LogP contribution in [0.25, 0.3) is 0 Å². The Hall–Kier alpha value is -3.01. The molecule has 0 saturated carbocycles. The average molecular weight is 532 g/mol. The topological polar surface area (TPSA) is 126 Å². The van der Waals surface area contributed by atoms with Gasteiger partial charge in [0.05, 0.1) is 12.0 Å². The van der Waals surface area contributed by atoms with Crippen LogP contribution >= 0.6 is 0 Å². The summed E-state index contributed by atoms with van der Waals surface area (Å²) in [7, 11) is -1.88. The van der Waals surface area contributed by atoms with Gasteiger partial charge in [-0.3, -0.25) is 9.69 Å². The summed E-state index contributed by atoms with van der Waals surface area (Å²) in [6, 6.07) is 6.95. The monoisotopic (exact) mass is 532 g/mol. The van der Waals surface area contributed by atoms with Crippen LogP contribution < -0.4 is 5.32 Å². The van der Waals surface area contributed by atoms with Gasteiger partial charge in [0, 0.05) is 25.2 Å². The number of rotatable bonds is 9. The molecular weight excluding hydrogens is 497 g/mol. The van der Waals surface area contributed by atoms with Gasteiger partial charge in [0.1, 0.15) is 30.2 Å². The largest absolute Gasteiger partial charge is 0.475 e. The van der Waals surface area contributed by atoms with Crippen LogP contribution in [0.4, 0.5) is 13.6 Å². The minimum atomic E-state index is -1.88. The molecule has 2 aliphatic rings. The van der Waals surface area contributed by atoms with E-state index >= 15 is 0 Å². The molecule has 2 saturated heterocycles. The van der Waals surface area contributed by atoms with E-state index in [-0.39, 0.29) is 25.1 Å². The van der Waals surface area contributed by atoms with Gasteiger partial charge < -0.3 is 25.0 Å². The molecule has 0 radical (unpaired) electrons. The summed E-state index contributed by atoms with van der Waals surface area (Å²) >= 11 is 0. The van der Waals surface area contributed by atoms with Gasteiger partial charge in [-0.2, -0.15) is 5.26 Å². The predicted octanol–water partition coefficient (Wildman–Crippen LogP) is 2.13. The van der Waals surface area contributed by atoms with Crippen molar-refractivity contribution in [3.05, 3.63) is 47.3 Å². The molecule has 3 N–H and O–H groups in total. The number of amides is 2. The summed E-state index contributed by atoms with van der Waals surface area (Å²) < 4.78 is 32.2. The molecule has 2 aliphatic heterocycles. The minimum Gasteiger partial charge on any atom is -0.447 e. The van der Waals surface area contributed by atoms with Gasteiger partial charge in [0.15, 0.2) is 0 Å².